The molecule has 1 saturated heterocycles. The summed E-state index contributed by atoms with van der Waals surface area (Å²) in [5, 5.41) is 3.41. The predicted octanol–water partition coefficient (Wildman–Crippen LogP) is 2.73. The van der Waals surface area contributed by atoms with Crippen molar-refractivity contribution in [3.63, 3.8) is 0 Å². The molecule has 1 aromatic rings. The first kappa shape index (κ1) is 12.2. The maximum Gasteiger partial charge on any atom is 0.228 e. The van der Waals surface area contributed by atoms with E-state index in [1.807, 2.05) is 11.8 Å². The van der Waals surface area contributed by atoms with Crippen LogP contribution in [-0.4, -0.2) is 33.0 Å². The van der Waals surface area contributed by atoms with Gasteiger partial charge >= 0.3 is 0 Å². The topological polar surface area (TPSA) is 50.7 Å². The number of nitrogens with one attached hydrogen (secondary N) is 1. The number of thioether (sulfide) groups is 1. The summed E-state index contributed by atoms with van der Waals surface area (Å²) in [5.74, 6) is 3.63. The third kappa shape index (κ3) is 3.64. The molecular formula is C9H12Cl2N4S. The van der Waals surface area contributed by atoms with Gasteiger partial charge in [-0.1, -0.05) is 0 Å². The van der Waals surface area contributed by atoms with E-state index >= 15 is 0 Å². The summed E-state index contributed by atoms with van der Waals surface area (Å²) in [6.45, 7) is 0.872. The van der Waals surface area contributed by atoms with Crippen LogP contribution in [0.15, 0.2) is 0 Å². The molecule has 0 saturated carbocycles. The first-order valence-electron chi connectivity index (χ1n) is 5.13. The Hall–Kier alpha value is -0.260. The smallest absolute Gasteiger partial charge is 0.228 e. The Morgan fingerprint density at radius 2 is 1.75 bits per heavy atom. The van der Waals surface area contributed by atoms with Crippen LogP contribution in [0.2, 0.25) is 10.6 Å². The third-order valence-corrected chi connectivity index (χ3v) is 3.86. The van der Waals surface area contributed by atoms with Crippen molar-refractivity contribution in [2.45, 2.75) is 12.8 Å². The summed E-state index contributed by atoms with van der Waals surface area (Å²) < 4.78 is 0. The molecule has 0 unspecified atom stereocenters. The lowest BCUT2D eigenvalue weighted by Gasteiger charge is -2.21. The van der Waals surface area contributed by atoms with Crippen molar-refractivity contribution in [1.82, 2.24) is 15.0 Å². The van der Waals surface area contributed by atoms with E-state index in [2.05, 4.69) is 20.3 Å². The second-order valence-corrected chi connectivity index (χ2v) is 5.53. The molecular weight excluding hydrogens is 267 g/mol. The molecule has 0 spiro atoms. The maximum atomic E-state index is 5.68. The maximum absolute atomic E-state index is 5.68. The second kappa shape index (κ2) is 5.89. The molecule has 0 bridgehead atoms. The molecule has 1 N–H and O–H groups in total. The van der Waals surface area contributed by atoms with Crippen molar-refractivity contribution in [1.29, 1.82) is 0 Å². The van der Waals surface area contributed by atoms with Crippen LogP contribution >= 0.6 is 35.0 Å². The molecule has 0 aliphatic carbocycles. The molecule has 4 nitrogen and oxygen atoms in total. The van der Waals surface area contributed by atoms with Crippen molar-refractivity contribution in [3.8, 4) is 0 Å². The summed E-state index contributed by atoms with van der Waals surface area (Å²) >= 11 is 13.4. The van der Waals surface area contributed by atoms with E-state index in [1.54, 1.807) is 0 Å². The molecule has 0 amide bonds. The Morgan fingerprint density at radius 3 is 2.38 bits per heavy atom. The van der Waals surface area contributed by atoms with Gasteiger partial charge in [0.05, 0.1) is 0 Å². The molecule has 16 heavy (non-hydrogen) atoms. The van der Waals surface area contributed by atoms with E-state index in [-0.39, 0.29) is 10.6 Å². The molecule has 7 heteroatoms. The van der Waals surface area contributed by atoms with Crippen LogP contribution in [0, 0.1) is 5.92 Å². The van der Waals surface area contributed by atoms with Crippen molar-refractivity contribution in [3.05, 3.63) is 10.6 Å². The largest absolute Gasteiger partial charge is 0.354 e. The van der Waals surface area contributed by atoms with E-state index in [0.717, 1.165) is 6.54 Å². The van der Waals surface area contributed by atoms with E-state index in [1.165, 1.54) is 24.3 Å². The van der Waals surface area contributed by atoms with Gasteiger partial charge in [-0.2, -0.15) is 26.7 Å². The molecule has 2 heterocycles. The van der Waals surface area contributed by atoms with Gasteiger partial charge in [-0.3, -0.25) is 0 Å². The van der Waals surface area contributed by atoms with Crippen LogP contribution < -0.4 is 5.32 Å². The van der Waals surface area contributed by atoms with Gasteiger partial charge in [-0.25, -0.2) is 0 Å². The van der Waals surface area contributed by atoms with Crippen molar-refractivity contribution in [2.75, 3.05) is 23.4 Å². The van der Waals surface area contributed by atoms with Gasteiger partial charge in [0.1, 0.15) is 0 Å². The lowest BCUT2D eigenvalue weighted by molar-refractivity contribution is 0.514. The molecule has 0 aromatic carbocycles. The van der Waals surface area contributed by atoms with E-state index in [4.69, 9.17) is 23.2 Å². The Bertz CT molecular complexity index is 337. The van der Waals surface area contributed by atoms with E-state index in [0.29, 0.717) is 11.9 Å². The second-order valence-electron chi connectivity index (χ2n) is 3.63. The summed E-state index contributed by atoms with van der Waals surface area (Å²) in [5.41, 5.74) is 0. The molecule has 1 aliphatic heterocycles. The average Bonchev–Trinajstić information content (AvgIpc) is 2.27. The fraction of sp³-hybridized carbons (Fsp3) is 0.667. The molecule has 1 aliphatic rings. The first-order chi connectivity index (χ1) is 7.74. The van der Waals surface area contributed by atoms with Crippen LogP contribution in [0.5, 0.6) is 0 Å². The van der Waals surface area contributed by atoms with Gasteiger partial charge in [0.2, 0.25) is 16.5 Å². The lowest BCUT2D eigenvalue weighted by atomic mass is 10.0. The SMILES string of the molecule is Clc1nc(Cl)nc(NCC2CCSCC2)n1. The minimum Gasteiger partial charge on any atom is -0.354 e. The number of nitrogens with zero attached hydrogens (tertiary/aromatic N) is 3. The number of halogens is 2. The van der Waals surface area contributed by atoms with Crippen LogP contribution in [0.25, 0.3) is 0 Å². The van der Waals surface area contributed by atoms with Gasteiger partial charge in [0.25, 0.3) is 0 Å². The summed E-state index contributed by atoms with van der Waals surface area (Å²) in [7, 11) is 0. The first-order valence-corrected chi connectivity index (χ1v) is 7.04. The summed E-state index contributed by atoms with van der Waals surface area (Å²) in [4.78, 5) is 11.6. The van der Waals surface area contributed by atoms with Crippen LogP contribution in [0.3, 0.4) is 0 Å². The van der Waals surface area contributed by atoms with Crippen molar-refractivity contribution < 1.29 is 0 Å². The standard InChI is InChI=1S/C9H12Cl2N4S/c10-7-13-8(11)15-9(14-7)12-5-6-1-3-16-4-2-6/h6H,1-5H2,(H,12,13,14,15). The van der Waals surface area contributed by atoms with Gasteiger partial charge in [-0.05, 0) is 53.5 Å². The minimum absolute atomic E-state index is 0.127. The Balaban J connectivity index is 1.88. The zero-order valence-electron chi connectivity index (χ0n) is 8.62. The van der Waals surface area contributed by atoms with Gasteiger partial charge in [-0.15, -0.1) is 0 Å². The molecule has 0 radical (unpaired) electrons. The Morgan fingerprint density at radius 1 is 1.12 bits per heavy atom. The van der Waals surface area contributed by atoms with Gasteiger partial charge < -0.3 is 5.32 Å². The third-order valence-electron chi connectivity index (χ3n) is 2.47. The lowest BCUT2D eigenvalue weighted by Crippen LogP contribution is -2.20. The normalized spacial score (nSPS) is 17.4. The molecule has 88 valence electrons. The molecule has 2 rings (SSSR count). The fourth-order valence-corrected chi connectivity index (χ4v) is 3.16. The average molecular weight is 279 g/mol. The van der Waals surface area contributed by atoms with Gasteiger partial charge in [0.15, 0.2) is 0 Å². The highest BCUT2D eigenvalue weighted by Gasteiger charge is 2.14. The quantitative estimate of drug-likeness (QED) is 0.922. The number of aromatic nitrogens is 3. The van der Waals surface area contributed by atoms with Crippen LogP contribution in [-0.2, 0) is 0 Å². The number of rotatable bonds is 3. The van der Waals surface area contributed by atoms with E-state index in [9.17, 15) is 0 Å². The van der Waals surface area contributed by atoms with E-state index < -0.39 is 0 Å². The Labute approximate surface area is 109 Å². The number of hydrogen-bond donors (Lipinski definition) is 1. The molecule has 1 fully saturated rings. The summed E-state index contributed by atoms with van der Waals surface area (Å²) in [6.07, 6.45) is 2.48. The van der Waals surface area contributed by atoms with Crippen LogP contribution in [0.1, 0.15) is 12.8 Å². The van der Waals surface area contributed by atoms with Crippen molar-refractivity contribution in [2.24, 2.45) is 5.92 Å². The minimum atomic E-state index is 0.127. The highest BCUT2D eigenvalue weighted by molar-refractivity contribution is 7.99. The van der Waals surface area contributed by atoms with Crippen LogP contribution in [0.4, 0.5) is 5.95 Å². The fourth-order valence-electron chi connectivity index (χ4n) is 1.59. The van der Waals surface area contributed by atoms with Crippen molar-refractivity contribution >= 4 is 40.9 Å². The highest BCUT2D eigenvalue weighted by atomic mass is 35.5. The highest BCUT2D eigenvalue weighted by Crippen LogP contribution is 2.22. The number of hydrogen-bond acceptors (Lipinski definition) is 5. The molecule has 1 aromatic heterocycles. The number of anilines is 1. The summed E-state index contributed by atoms with van der Waals surface area (Å²) in [6, 6.07) is 0. The Kier molecular flexibility index (Phi) is 4.49. The predicted molar refractivity (Wildman–Crippen MR) is 68.4 cm³/mol. The zero-order chi connectivity index (χ0) is 11.4. The zero-order valence-corrected chi connectivity index (χ0v) is 10.9. The van der Waals surface area contributed by atoms with Gasteiger partial charge in [0, 0.05) is 6.54 Å². The monoisotopic (exact) mass is 278 g/mol. The molecule has 0 atom stereocenters.